The van der Waals surface area contributed by atoms with Crippen LogP contribution in [0, 0.1) is 12.8 Å². The van der Waals surface area contributed by atoms with Crippen molar-refractivity contribution in [3.8, 4) is 5.75 Å². The molecule has 0 fully saturated rings. The number of allylic oxidation sites excluding steroid dienone is 2. The molecule has 4 aromatic rings. The van der Waals surface area contributed by atoms with Gasteiger partial charge >= 0.3 is 0 Å². The Labute approximate surface area is 176 Å². The first-order valence-corrected chi connectivity index (χ1v) is 10.9. The van der Waals surface area contributed by atoms with Gasteiger partial charge in [-0.05, 0) is 67.1 Å². The first-order chi connectivity index (χ1) is 14.7. The standard InChI is InChI=1S/C27H26N2O/c1-3-29-22-10-5-4-7-18(22)21-15-17(12-13-23(21)29)26-20-9-6-8-19(20)25-16(2)11-14-24(30)27(25)28-26/h4-8,10-15,19-20,26,28,30H,3,9H2,1-2H3. The summed E-state index contributed by atoms with van der Waals surface area (Å²) in [4.78, 5) is 0. The molecule has 150 valence electrons. The summed E-state index contributed by atoms with van der Waals surface area (Å²) >= 11 is 0. The number of aromatic hydroxyl groups is 1. The van der Waals surface area contributed by atoms with Crippen LogP contribution in [0.1, 0.15) is 42.0 Å². The van der Waals surface area contributed by atoms with Crippen molar-refractivity contribution >= 4 is 27.5 Å². The van der Waals surface area contributed by atoms with Gasteiger partial charge in [0.05, 0.1) is 11.7 Å². The van der Waals surface area contributed by atoms with Gasteiger partial charge in [0.2, 0.25) is 0 Å². The quantitative estimate of drug-likeness (QED) is 0.295. The van der Waals surface area contributed by atoms with Gasteiger partial charge in [-0.25, -0.2) is 0 Å². The predicted molar refractivity (Wildman–Crippen MR) is 124 cm³/mol. The minimum atomic E-state index is 0.179. The van der Waals surface area contributed by atoms with E-state index in [2.05, 4.69) is 78.3 Å². The molecule has 3 nitrogen and oxygen atoms in total. The predicted octanol–water partition coefficient (Wildman–Crippen LogP) is 6.65. The molecule has 3 atom stereocenters. The van der Waals surface area contributed by atoms with E-state index < -0.39 is 0 Å². The second-order valence-electron chi connectivity index (χ2n) is 8.70. The Morgan fingerprint density at radius 1 is 1.03 bits per heavy atom. The normalized spacial score (nSPS) is 22.3. The molecule has 30 heavy (non-hydrogen) atoms. The van der Waals surface area contributed by atoms with Crippen molar-refractivity contribution in [3.05, 3.63) is 83.4 Å². The van der Waals surface area contributed by atoms with Crippen molar-refractivity contribution in [1.29, 1.82) is 0 Å². The van der Waals surface area contributed by atoms with Gasteiger partial charge in [-0.15, -0.1) is 0 Å². The lowest BCUT2D eigenvalue weighted by Crippen LogP contribution is -2.29. The summed E-state index contributed by atoms with van der Waals surface area (Å²) in [5.41, 5.74) is 7.29. The van der Waals surface area contributed by atoms with Crippen LogP contribution in [0.3, 0.4) is 0 Å². The Morgan fingerprint density at radius 2 is 1.87 bits per heavy atom. The highest BCUT2D eigenvalue weighted by atomic mass is 16.3. The zero-order valence-corrected chi connectivity index (χ0v) is 17.4. The number of rotatable bonds is 2. The van der Waals surface area contributed by atoms with E-state index in [-0.39, 0.29) is 6.04 Å². The molecule has 3 aromatic carbocycles. The number of aromatic nitrogens is 1. The average molecular weight is 395 g/mol. The SMILES string of the molecule is CCn1c2ccccc2c2cc(C3Nc4c(O)ccc(C)c4C4C=CCC43)ccc21. The molecule has 0 bridgehead atoms. The Kier molecular flexibility index (Phi) is 3.76. The summed E-state index contributed by atoms with van der Waals surface area (Å²) < 4.78 is 2.40. The third-order valence-electron chi connectivity index (χ3n) is 7.19. The molecule has 6 rings (SSSR count). The highest BCUT2D eigenvalue weighted by Gasteiger charge is 2.39. The summed E-state index contributed by atoms with van der Waals surface area (Å²) in [6.45, 7) is 5.31. The number of phenols is 1. The van der Waals surface area contributed by atoms with Gasteiger partial charge in [0.25, 0.3) is 0 Å². The van der Waals surface area contributed by atoms with Crippen LogP contribution in [0.25, 0.3) is 21.8 Å². The minimum absolute atomic E-state index is 0.179. The molecule has 1 aliphatic heterocycles. The molecular weight excluding hydrogens is 368 g/mol. The highest BCUT2D eigenvalue weighted by molar-refractivity contribution is 6.08. The molecule has 0 saturated heterocycles. The second-order valence-corrected chi connectivity index (χ2v) is 8.70. The second kappa shape index (κ2) is 6.40. The van der Waals surface area contributed by atoms with Crippen LogP contribution < -0.4 is 5.32 Å². The fraction of sp³-hybridized carbons (Fsp3) is 0.259. The number of fused-ring (bicyclic) bond motifs is 6. The smallest absolute Gasteiger partial charge is 0.139 e. The molecule has 0 saturated carbocycles. The van der Waals surface area contributed by atoms with Crippen LogP contribution >= 0.6 is 0 Å². The lowest BCUT2D eigenvalue weighted by molar-refractivity contribution is 0.414. The highest BCUT2D eigenvalue weighted by Crippen LogP contribution is 2.53. The topological polar surface area (TPSA) is 37.2 Å². The maximum Gasteiger partial charge on any atom is 0.139 e. The first-order valence-electron chi connectivity index (χ1n) is 10.9. The molecule has 0 amide bonds. The number of nitrogens with zero attached hydrogens (tertiary/aromatic N) is 1. The van der Waals surface area contributed by atoms with E-state index in [1.807, 2.05) is 12.1 Å². The van der Waals surface area contributed by atoms with Crippen molar-refractivity contribution in [2.24, 2.45) is 5.92 Å². The Bertz CT molecular complexity index is 1330. The fourth-order valence-corrected chi connectivity index (χ4v) is 5.82. The third kappa shape index (κ3) is 2.32. The molecule has 3 heteroatoms. The van der Waals surface area contributed by atoms with Crippen molar-refractivity contribution < 1.29 is 5.11 Å². The number of hydrogen-bond donors (Lipinski definition) is 2. The summed E-state index contributed by atoms with van der Waals surface area (Å²) in [5.74, 6) is 1.17. The number of anilines is 1. The summed E-state index contributed by atoms with van der Waals surface area (Å²) in [7, 11) is 0. The average Bonchev–Trinajstić information content (AvgIpc) is 3.38. The largest absolute Gasteiger partial charge is 0.506 e. The number of aryl methyl sites for hydroxylation is 2. The summed E-state index contributed by atoms with van der Waals surface area (Å²) in [6.07, 6.45) is 5.71. The van der Waals surface area contributed by atoms with E-state index in [0.29, 0.717) is 17.6 Å². The van der Waals surface area contributed by atoms with Crippen molar-refractivity contribution in [2.45, 2.75) is 38.8 Å². The monoisotopic (exact) mass is 394 g/mol. The van der Waals surface area contributed by atoms with E-state index in [4.69, 9.17) is 0 Å². The lowest BCUT2D eigenvalue weighted by atomic mass is 9.75. The van der Waals surface area contributed by atoms with Crippen LogP contribution in [0.15, 0.2) is 66.7 Å². The third-order valence-corrected chi connectivity index (χ3v) is 7.19. The van der Waals surface area contributed by atoms with E-state index >= 15 is 0 Å². The van der Waals surface area contributed by atoms with Crippen LogP contribution in [0.4, 0.5) is 5.69 Å². The molecule has 1 aliphatic carbocycles. The first kappa shape index (κ1) is 17.6. The van der Waals surface area contributed by atoms with Gasteiger partial charge < -0.3 is 15.0 Å². The van der Waals surface area contributed by atoms with E-state index in [9.17, 15) is 5.11 Å². The molecular formula is C27H26N2O. The summed E-state index contributed by atoms with van der Waals surface area (Å²) in [6, 6.07) is 19.6. The Hall–Kier alpha value is -3.20. The molecule has 2 aliphatic rings. The van der Waals surface area contributed by atoms with Crippen molar-refractivity contribution in [1.82, 2.24) is 4.57 Å². The summed E-state index contributed by atoms with van der Waals surface area (Å²) in [5, 5.41) is 17.0. The fourth-order valence-electron chi connectivity index (χ4n) is 5.82. The van der Waals surface area contributed by atoms with Crippen LogP contribution in [-0.2, 0) is 6.54 Å². The van der Waals surface area contributed by atoms with Gasteiger partial charge in [0.15, 0.2) is 0 Å². The van der Waals surface area contributed by atoms with Gasteiger partial charge in [-0.3, -0.25) is 0 Å². The van der Waals surface area contributed by atoms with Crippen LogP contribution in [0.2, 0.25) is 0 Å². The zero-order valence-electron chi connectivity index (χ0n) is 17.4. The van der Waals surface area contributed by atoms with Gasteiger partial charge in [0, 0.05) is 34.3 Å². The number of benzene rings is 3. The molecule has 0 radical (unpaired) electrons. The van der Waals surface area contributed by atoms with Crippen LogP contribution in [0.5, 0.6) is 5.75 Å². The van der Waals surface area contributed by atoms with Gasteiger partial charge in [0.1, 0.15) is 5.75 Å². The van der Waals surface area contributed by atoms with E-state index in [1.54, 1.807) is 0 Å². The molecule has 0 spiro atoms. The maximum absolute atomic E-state index is 10.6. The van der Waals surface area contributed by atoms with Gasteiger partial charge in [-0.2, -0.15) is 0 Å². The number of hydrogen-bond acceptors (Lipinski definition) is 2. The number of para-hydroxylation sites is 1. The lowest BCUT2D eigenvalue weighted by Gasteiger charge is -2.38. The van der Waals surface area contributed by atoms with Gasteiger partial charge in [-0.1, -0.05) is 42.5 Å². The Balaban J connectivity index is 1.54. The number of phenolic OH excluding ortho intramolecular Hbond substituents is 1. The number of nitrogens with one attached hydrogen (secondary N) is 1. The Morgan fingerprint density at radius 3 is 2.73 bits per heavy atom. The van der Waals surface area contributed by atoms with Crippen LogP contribution in [-0.4, -0.2) is 9.67 Å². The van der Waals surface area contributed by atoms with Crippen molar-refractivity contribution in [2.75, 3.05) is 5.32 Å². The van der Waals surface area contributed by atoms with E-state index in [1.165, 1.54) is 38.5 Å². The molecule has 3 unspecified atom stereocenters. The van der Waals surface area contributed by atoms with Crippen molar-refractivity contribution in [3.63, 3.8) is 0 Å². The molecule has 2 N–H and O–H groups in total. The minimum Gasteiger partial charge on any atom is -0.506 e. The molecule has 2 heterocycles. The van der Waals surface area contributed by atoms with E-state index in [0.717, 1.165) is 18.7 Å². The zero-order chi connectivity index (χ0) is 20.4. The molecule has 1 aromatic heterocycles. The maximum atomic E-state index is 10.6.